The van der Waals surface area contributed by atoms with Crippen LogP contribution in [0.25, 0.3) is 0 Å². The van der Waals surface area contributed by atoms with E-state index in [-0.39, 0.29) is 0 Å². The van der Waals surface area contributed by atoms with Crippen LogP contribution in [-0.2, 0) is 4.74 Å². The summed E-state index contributed by atoms with van der Waals surface area (Å²) in [5.74, 6) is 0.878. The van der Waals surface area contributed by atoms with Gasteiger partial charge in [-0.15, -0.1) is 0 Å². The zero-order valence-corrected chi connectivity index (χ0v) is 10.6. The first-order valence-corrected chi connectivity index (χ1v) is 6.08. The molecule has 0 bridgehead atoms. The van der Waals surface area contributed by atoms with Crippen molar-refractivity contribution in [2.75, 3.05) is 19.8 Å². The smallest absolute Gasteiger partial charge is 0.120 e. The van der Waals surface area contributed by atoms with Gasteiger partial charge in [0.15, 0.2) is 0 Å². The van der Waals surface area contributed by atoms with Crippen molar-refractivity contribution in [2.45, 2.75) is 19.8 Å². The van der Waals surface area contributed by atoms with E-state index in [0.29, 0.717) is 13.2 Å². The Hall–Kier alpha value is -0.540. The van der Waals surface area contributed by atoms with E-state index >= 15 is 0 Å². The Morgan fingerprint density at radius 2 is 2.07 bits per heavy atom. The van der Waals surface area contributed by atoms with Gasteiger partial charge in [-0.3, -0.25) is 0 Å². The van der Waals surface area contributed by atoms with E-state index in [9.17, 15) is 0 Å². The average Bonchev–Trinajstić information content (AvgIpc) is 2.23. The third kappa shape index (κ3) is 5.80. The van der Waals surface area contributed by atoms with Crippen molar-refractivity contribution in [1.82, 2.24) is 0 Å². The van der Waals surface area contributed by atoms with Crippen molar-refractivity contribution in [1.29, 1.82) is 0 Å². The molecule has 0 spiro atoms. The third-order valence-electron chi connectivity index (χ3n) is 1.93. The third-order valence-corrected chi connectivity index (χ3v) is 2.43. The normalized spacial score (nSPS) is 10.3. The fourth-order valence-electron chi connectivity index (χ4n) is 1.12. The Bertz CT molecular complexity index is 276. The summed E-state index contributed by atoms with van der Waals surface area (Å²) in [5, 5.41) is 0. The van der Waals surface area contributed by atoms with Crippen molar-refractivity contribution >= 4 is 15.9 Å². The Labute approximate surface area is 99.7 Å². The minimum atomic E-state index is 0.611. The molecule has 0 saturated heterocycles. The van der Waals surface area contributed by atoms with Crippen LogP contribution in [0.3, 0.4) is 0 Å². The van der Waals surface area contributed by atoms with Crippen molar-refractivity contribution < 1.29 is 9.47 Å². The highest BCUT2D eigenvalue weighted by atomic mass is 79.9. The summed E-state index contributed by atoms with van der Waals surface area (Å²) >= 11 is 3.39. The predicted molar refractivity (Wildman–Crippen MR) is 65.4 cm³/mol. The van der Waals surface area contributed by atoms with Crippen LogP contribution in [0, 0.1) is 0 Å². The summed E-state index contributed by atoms with van der Waals surface area (Å²) in [5.41, 5.74) is 0. The lowest BCUT2D eigenvalue weighted by atomic mass is 10.3. The van der Waals surface area contributed by atoms with Gasteiger partial charge in [0.2, 0.25) is 0 Å². The molecule has 0 heterocycles. The lowest BCUT2D eigenvalue weighted by molar-refractivity contribution is 0.0980. The topological polar surface area (TPSA) is 18.5 Å². The molecule has 0 unspecified atom stereocenters. The van der Waals surface area contributed by atoms with Crippen LogP contribution in [-0.4, -0.2) is 19.8 Å². The molecule has 0 amide bonds. The number of unbranched alkanes of at least 4 members (excludes halogenated alkanes) is 1. The van der Waals surface area contributed by atoms with Gasteiger partial charge in [0.25, 0.3) is 0 Å². The van der Waals surface area contributed by atoms with Crippen LogP contribution in [0.1, 0.15) is 19.8 Å². The van der Waals surface area contributed by atoms with Gasteiger partial charge >= 0.3 is 0 Å². The lowest BCUT2D eigenvalue weighted by Gasteiger charge is -2.06. The number of benzene rings is 1. The van der Waals surface area contributed by atoms with E-state index < -0.39 is 0 Å². The quantitative estimate of drug-likeness (QED) is 0.706. The number of ether oxygens (including phenoxy) is 2. The molecular weight excluding hydrogens is 256 g/mol. The summed E-state index contributed by atoms with van der Waals surface area (Å²) in [7, 11) is 0. The first-order valence-electron chi connectivity index (χ1n) is 5.29. The number of rotatable bonds is 7. The fourth-order valence-corrected chi connectivity index (χ4v) is 1.50. The molecule has 1 aromatic rings. The van der Waals surface area contributed by atoms with Gasteiger partial charge < -0.3 is 9.47 Å². The van der Waals surface area contributed by atoms with Crippen LogP contribution in [0.2, 0.25) is 0 Å². The number of hydrogen-bond acceptors (Lipinski definition) is 2. The summed E-state index contributed by atoms with van der Waals surface area (Å²) in [4.78, 5) is 0. The molecular formula is C12H17BrO2. The molecule has 0 saturated carbocycles. The second-order valence-corrected chi connectivity index (χ2v) is 4.19. The maximum Gasteiger partial charge on any atom is 0.120 e. The Kier molecular flexibility index (Phi) is 6.44. The van der Waals surface area contributed by atoms with Gasteiger partial charge in [-0.25, -0.2) is 0 Å². The van der Waals surface area contributed by atoms with Gasteiger partial charge in [-0.05, 0) is 24.6 Å². The van der Waals surface area contributed by atoms with E-state index in [0.717, 1.165) is 23.2 Å². The van der Waals surface area contributed by atoms with Gasteiger partial charge in [-0.1, -0.05) is 35.3 Å². The van der Waals surface area contributed by atoms with E-state index in [4.69, 9.17) is 9.47 Å². The second kappa shape index (κ2) is 7.71. The summed E-state index contributed by atoms with van der Waals surface area (Å²) in [6, 6.07) is 7.82. The van der Waals surface area contributed by atoms with Gasteiger partial charge in [0.1, 0.15) is 12.4 Å². The molecule has 2 nitrogen and oxygen atoms in total. The molecule has 0 aromatic heterocycles. The Morgan fingerprint density at radius 3 is 2.80 bits per heavy atom. The Balaban J connectivity index is 2.10. The van der Waals surface area contributed by atoms with Gasteiger partial charge in [-0.2, -0.15) is 0 Å². The van der Waals surface area contributed by atoms with Crippen LogP contribution < -0.4 is 4.74 Å². The van der Waals surface area contributed by atoms with Gasteiger partial charge in [0.05, 0.1) is 6.61 Å². The van der Waals surface area contributed by atoms with Crippen LogP contribution in [0.15, 0.2) is 28.7 Å². The molecule has 0 aliphatic carbocycles. The lowest BCUT2D eigenvalue weighted by Crippen LogP contribution is -2.07. The number of hydrogen-bond donors (Lipinski definition) is 0. The van der Waals surface area contributed by atoms with Crippen LogP contribution >= 0.6 is 15.9 Å². The number of halogens is 1. The molecule has 0 atom stereocenters. The second-order valence-electron chi connectivity index (χ2n) is 3.27. The zero-order valence-electron chi connectivity index (χ0n) is 9.04. The first-order chi connectivity index (χ1) is 7.33. The summed E-state index contributed by atoms with van der Waals surface area (Å²) in [6.45, 7) is 4.26. The van der Waals surface area contributed by atoms with Crippen LogP contribution in [0.5, 0.6) is 5.75 Å². The molecule has 1 rings (SSSR count). The molecule has 0 aliphatic heterocycles. The van der Waals surface area contributed by atoms with Crippen LogP contribution in [0.4, 0.5) is 0 Å². The average molecular weight is 273 g/mol. The van der Waals surface area contributed by atoms with Crippen molar-refractivity contribution in [3.05, 3.63) is 28.7 Å². The Morgan fingerprint density at radius 1 is 1.20 bits per heavy atom. The maximum atomic E-state index is 5.51. The molecule has 15 heavy (non-hydrogen) atoms. The van der Waals surface area contributed by atoms with E-state index in [1.165, 1.54) is 6.42 Å². The first kappa shape index (κ1) is 12.5. The molecule has 84 valence electrons. The van der Waals surface area contributed by atoms with E-state index in [1.807, 2.05) is 24.3 Å². The van der Waals surface area contributed by atoms with Crippen molar-refractivity contribution in [3.63, 3.8) is 0 Å². The SMILES string of the molecule is CCCCOCCOc1cccc(Br)c1. The molecule has 3 heteroatoms. The standard InChI is InChI=1S/C12H17BrO2/c1-2-3-7-14-8-9-15-12-6-4-5-11(13)10-12/h4-6,10H,2-3,7-9H2,1H3. The molecule has 0 aliphatic rings. The largest absolute Gasteiger partial charge is 0.491 e. The zero-order chi connectivity index (χ0) is 10.9. The summed E-state index contributed by atoms with van der Waals surface area (Å²) < 4.78 is 11.9. The minimum absolute atomic E-state index is 0.611. The van der Waals surface area contributed by atoms with E-state index in [2.05, 4.69) is 22.9 Å². The maximum absolute atomic E-state index is 5.51. The summed E-state index contributed by atoms with van der Waals surface area (Å²) in [6.07, 6.45) is 2.30. The van der Waals surface area contributed by atoms with Gasteiger partial charge in [0, 0.05) is 11.1 Å². The van der Waals surface area contributed by atoms with Crippen molar-refractivity contribution in [2.24, 2.45) is 0 Å². The highest BCUT2D eigenvalue weighted by molar-refractivity contribution is 9.10. The highest BCUT2D eigenvalue weighted by Crippen LogP contribution is 2.17. The minimum Gasteiger partial charge on any atom is -0.491 e. The molecule has 1 aromatic carbocycles. The van der Waals surface area contributed by atoms with Crippen molar-refractivity contribution in [3.8, 4) is 5.75 Å². The predicted octanol–water partition coefficient (Wildman–Crippen LogP) is 3.64. The molecule has 0 N–H and O–H groups in total. The highest BCUT2D eigenvalue weighted by Gasteiger charge is 1.94. The fraction of sp³-hybridized carbons (Fsp3) is 0.500. The molecule has 0 radical (unpaired) electrons. The monoisotopic (exact) mass is 272 g/mol. The molecule has 0 fully saturated rings. The van der Waals surface area contributed by atoms with E-state index in [1.54, 1.807) is 0 Å².